The van der Waals surface area contributed by atoms with Gasteiger partial charge in [0.2, 0.25) is 0 Å². The minimum Gasteiger partial charge on any atom is -0.299 e. The molecule has 3 nitrogen and oxygen atoms in total. The molecular weight excluding hydrogens is 260 g/mol. The molecule has 0 radical (unpaired) electrons. The van der Waals surface area contributed by atoms with Crippen LogP contribution in [0.25, 0.3) is 0 Å². The van der Waals surface area contributed by atoms with Gasteiger partial charge in [0.25, 0.3) is 0 Å². The molecule has 0 unspecified atom stereocenters. The van der Waals surface area contributed by atoms with Gasteiger partial charge >= 0.3 is 0 Å². The summed E-state index contributed by atoms with van der Waals surface area (Å²) >= 11 is 0. The van der Waals surface area contributed by atoms with E-state index < -0.39 is 0 Å². The van der Waals surface area contributed by atoms with E-state index in [-0.39, 0.29) is 0 Å². The number of carbonyl (C=O) groups is 1. The monoisotopic (exact) mass is 286 g/mol. The van der Waals surface area contributed by atoms with Crippen molar-refractivity contribution in [2.75, 3.05) is 0 Å². The van der Waals surface area contributed by atoms with Gasteiger partial charge in [-0.15, -0.1) is 0 Å². The number of rotatable bonds is 4. The molecule has 4 bridgehead atoms. The molecule has 0 saturated heterocycles. The van der Waals surface area contributed by atoms with Crippen molar-refractivity contribution in [2.45, 2.75) is 58.9 Å². The Kier molecular flexibility index (Phi) is 3.20. The molecule has 4 saturated carbocycles. The van der Waals surface area contributed by atoms with E-state index in [4.69, 9.17) is 0 Å². The highest BCUT2D eigenvalue weighted by atomic mass is 16.1. The first-order valence-corrected chi connectivity index (χ1v) is 8.70. The molecule has 1 heterocycles. The minimum atomic E-state index is 0.360. The van der Waals surface area contributed by atoms with Crippen LogP contribution in [0, 0.1) is 36.5 Å². The Balaban J connectivity index is 1.52. The SMILES string of the molecule is CCn1nc(C)cc1CC(=O)C1C2CC3CC(C2)CC1C3. The zero-order valence-corrected chi connectivity index (χ0v) is 13.2. The van der Waals surface area contributed by atoms with E-state index in [1.54, 1.807) is 0 Å². The molecule has 4 fully saturated rings. The maximum atomic E-state index is 12.9. The predicted molar refractivity (Wildman–Crippen MR) is 81.9 cm³/mol. The topological polar surface area (TPSA) is 34.9 Å². The van der Waals surface area contributed by atoms with Crippen molar-refractivity contribution in [1.82, 2.24) is 9.78 Å². The summed E-state index contributed by atoms with van der Waals surface area (Å²) in [5, 5.41) is 4.48. The Morgan fingerprint density at radius 2 is 1.81 bits per heavy atom. The van der Waals surface area contributed by atoms with Gasteiger partial charge in [-0.1, -0.05) is 0 Å². The van der Waals surface area contributed by atoms with Gasteiger partial charge in [0, 0.05) is 24.6 Å². The molecule has 1 aromatic rings. The quantitative estimate of drug-likeness (QED) is 0.850. The normalized spacial score (nSPS) is 37.1. The van der Waals surface area contributed by atoms with Crippen LogP contribution >= 0.6 is 0 Å². The van der Waals surface area contributed by atoms with Crippen LogP contribution in [0.15, 0.2) is 6.07 Å². The highest BCUT2D eigenvalue weighted by molar-refractivity contribution is 5.83. The van der Waals surface area contributed by atoms with E-state index in [9.17, 15) is 4.79 Å². The highest BCUT2D eigenvalue weighted by Gasteiger charge is 2.50. The van der Waals surface area contributed by atoms with Gasteiger partial charge in [0.1, 0.15) is 5.78 Å². The summed E-state index contributed by atoms with van der Waals surface area (Å²) in [6, 6.07) is 2.09. The van der Waals surface area contributed by atoms with Gasteiger partial charge in [0.15, 0.2) is 0 Å². The number of nitrogens with zero attached hydrogens (tertiary/aromatic N) is 2. The number of hydrogen-bond acceptors (Lipinski definition) is 2. The van der Waals surface area contributed by atoms with Gasteiger partial charge in [-0.25, -0.2) is 0 Å². The lowest BCUT2D eigenvalue weighted by Gasteiger charge is -2.53. The Bertz CT molecular complexity index is 532. The second kappa shape index (κ2) is 4.96. The maximum absolute atomic E-state index is 12.9. The molecule has 1 aromatic heterocycles. The molecule has 3 heteroatoms. The lowest BCUT2D eigenvalue weighted by Crippen LogP contribution is -2.48. The van der Waals surface area contributed by atoms with Crippen molar-refractivity contribution in [3.8, 4) is 0 Å². The first kappa shape index (κ1) is 13.5. The fraction of sp³-hybridized carbons (Fsp3) is 0.778. The summed E-state index contributed by atoms with van der Waals surface area (Å²) in [6.45, 7) is 4.98. The summed E-state index contributed by atoms with van der Waals surface area (Å²) in [6.07, 6.45) is 7.37. The highest BCUT2D eigenvalue weighted by Crippen LogP contribution is 2.56. The predicted octanol–water partition coefficient (Wildman–Crippen LogP) is 3.40. The summed E-state index contributed by atoms with van der Waals surface area (Å²) < 4.78 is 2.00. The molecule has 0 aliphatic heterocycles. The Morgan fingerprint density at radius 1 is 1.19 bits per heavy atom. The van der Waals surface area contributed by atoms with Crippen LogP contribution in [0.5, 0.6) is 0 Å². The van der Waals surface area contributed by atoms with Crippen LogP contribution in [-0.2, 0) is 17.8 Å². The van der Waals surface area contributed by atoms with Gasteiger partial charge in [-0.05, 0) is 75.7 Å². The van der Waals surface area contributed by atoms with Gasteiger partial charge < -0.3 is 0 Å². The van der Waals surface area contributed by atoms with E-state index >= 15 is 0 Å². The molecule has 0 aromatic carbocycles. The van der Waals surface area contributed by atoms with Crippen molar-refractivity contribution in [3.63, 3.8) is 0 Å². The fourth-order valence-corrected chi connectivity index (χ4v) is 5.76. The second-order valence-electron chi connectivity index (χ2n) is 7.69. The lowest BCUT2D eigenvalue weighted by atomic mass is 9.51. The van der Waals surface area contributed by atoms with E-state index in [2.05, 4.69) is 18.1 Å². The zero-order valence-electron chi connectivity index (χ0n) is 13.2. The van der Waals surface area contributed by atoms with Crippen LogP contribution in [0.3, 0.4) is 0 Å². The average Bonchev–Trinajstić information content (AvgIpc) is 2.77. The van der Waals surface area contributed by atoms with Crippen molar-refractivity contribution in [1.29, 1.82) is 0 Å². The molecule has 21 heavy (non-hydrogen) atoms. The van der Waals surface area contributed by atoms with E-state index in [1.807, 2.05) is 11.6 Å². The smallest absolute Gasteiger partial charge is 0.142 e. The fourth-order valence-electron chi connectivity index (χ4n) is 5.76. The number of hydrogen-bond donors (Lipinski definition) is 0. The average molecular weight is 286 g/mol. The van der Waals surface area contributed by atoms with Gasteiger partial charge in [-0.3, -0.25) is 9.48 Å². The molecule has 114 valence electrons. The molecule has 0 atom stereocenters. The number of aromatic nitrogens is 2. The van der Waals surface area contributed by atoms with E-state index in [0.29, 0.717) is 30.0 Å². The standard InChI is InChI=1S/C18H26N2O/c1-3-20-16(4-11(2)19-20)10-17(21)18-14-6-12-5-13(8-14)9-15(18)7-12/h4,12-15,18H,3,5-10H2,1-2H3. The Hall–Kier alpha value is -1.12. The zero-order chi connectivity index (χ0) is 14.6. The number of carbonyl (C=O) groups excluding carboxylic acids is 1. The lowest BCUT2D eigenvalue weighted by molar-refractivity contribution is -0.135. The molecule has 5 rings (SSSR count). The second-order valence-corrected chi connectivity index (χ2v) is 7.69. The summed E-state index contributed by atoms with van der Waals surface area (Å²) in [4.78, 5) is 12.9. The van der Waals surface area contributed by atoms with Crippen molar-refractivity contribution < 1.29 is 4.79 Å². The van der Waals surface area contributed by atoms with Crippen LogP contribution in [0.2, 0.25) is 0 Å². The third-order valence-electron chi connectivity index (χ3n) is 6.24. The van der Waals surface area contributed by atoms with Crippen LogP contribution < -0.4 is 0 Å². The summed E-state index contributed by atoms with van der Waals surface area (Å²) in [5.41, 5.74) is 2.15. The van der Waals surface area contributed by atoms with Crippen molar-refractivity contribution in [2.24, 2.45) is 29.6 Å². The first-order valence-electron chi connectivity index (χ1n) is 8.70. The first-order chi connectivity index (χ1) is 10.1. The van der Waals surface area contributed by atoms with Crippen molar-refractivity contribution in [3.05, 3.63) is 17.5 Å². The molecule has 0 amide bonds. The molecule has 4 aliphatic rings. The number of ketones is 1. The molecular formula is C18H26N2O. The molecule has 0 spiro atoms. The largest absolute Gasteiger partial charge is 0.299 e. The Morgan fingerprint density at radius 3 is 2.38 bits per heavy atom. The van der Waals surface area contributed by atoms with E-state index in [0.717, 1.165) is 29.8 Å². The third-order valence-corrected chi connectivity index (χ3v) is 6.24. The van der Waals surface area contributed by atoms with Gasteiger partial charge in [0.05, 0.1) is 5.69 Å². The van der Waals surface area contributed by atoms with Crippen LogP contribution in [0.4, 0.5) is 0 Å². The molecule has 4 aliphatic carbocycles. The van der Waals surface area contributed by atoms with Gasteiger partial charge in [-0.2, -0.15) is 5.10 Å². The minimum absolute atomic E-state index is 0.360. The third kappa shape index (κ3) is 2.25. The van der Waals surface area contributed by atoms with Crippen LogP contribution in [-0.4, -0.2) is 15.6 Å². The van der Waals surface area contributed by atoms with Crippen LogP contribution in [0.1, 0.15) is 50.4 Å². The number of Topliss-reactive ketones (excluding diaryl/α,β-unsaturated/α-hetero) is 1. The van der Waals surface area contributed by atoms with E-state index in [1.165, 1.54) is 32.1 Å². The maximum Gasteiger partial charge on any atom is 0.142 e. The summed E-state index contributed by atoms with van der Waals surface area (Å²) in [7, 11) is 0. The van der Waals surface area contributed by atoms with Crippen molar-refractivity contribution >= 4 is 5.78 Å². The summed E-state index contributed by atoms with van der Waals surface area (Å²) in [5.74, 6) is 4.15. The molecule has 0 N–H and O–H groups in total. The Labute approximate surface area is 127 Å². The number of aryl methyl sites for hydroxylation is 2.